The van der Waals surface area contributed by atoms with E-state index >= 15 is 0 Å². The van der Waals surface area contributed by atoms with Crippen molar-refractivity contribution in [2.24, 2.45) is 0 Å². The first-order valence-corrected chi connectivity index (χ1v) is 10.4. The minimum atomic E-state index is -2.87. The molecule has 2 aliphatic heterocycles. The molecule has 7 heteroatoms. The van der Waals surface area contributed by atoms with Gasteiger partial charge in [0.1, 0.15) is 0 Å². The van der Waals surface area contributed by atoms with Crippen molar-refractivity contribution in [3.63, 3.8) is 0 Å². The maximum Gasteiger partial charge on any atom is 0.153 e. The molecular formula is C17H27N3O3S. The summed E-state index contributed by atoms with van der Waals surface area (Å²) in [6, 6.07) is 6.93. The standard InChI is InChI=1S/C17H27N3O3S/c1-14-12-18-5-6-20(14)16-3-4-17(15(11-16)13-23-2)19-7-9-24(21,22)10-8-19/h3-4,11,14,18H,5-10,12-13H2,1-2H3/t14-/m0/s1. The van der Waals surface area contributed by atoms with Crippen LogP contribution in [0.4, 0.5) is 11.4 Å². The Bertz CT molecular complexity index is 664. The van der Waals surface area contributed by atoms with E-state index in [2.05, 4.69) is 40.2 Å². The number of benzene rings is 1. The van der Waals surface area contributed by atoms with E-state index in [1.54, 1.807) is 7.11 Å². The van der Waals surface area contributed by atoms with E-state index < -0.39 is 9.84 Å². The summed E-state index contributed by atoms with van der Waals surface area (Å²) >= 11 is 0. The average molecular weight is 353 g/mol. The summed E-state index contributed by atoms with van der Waals surface area (Å²) in [4.78, 5) is 4.58. The van der Waals surface area contributed by atoms with E-state index in [1.807, 2.05) is 0 Å². The Balaban J connectivity index is 1.84. The molecule has 0 saturated carbocycles. The highest BCUT2D eigenvalue weighted by molar-refractivity contribution is 7.91. The van der Waals surface area contributed by atoms with Gasteiger partial charge in [-0.25, -0.2) is 8.42 Å². The van der Waals surface area contributed by atoms with Gasteiger partial charge in [-0.2, -0.15) is 0 Å². The summed E-state index contributed by atoms with van der Waals surface area (Å²) in [6.07, 6.45) is 0. The summed E-state index contributed by atoms with van der Waals surface area (Å²) < 4.78 is 28.7. The molecule has 2 fully saturated rings. The van der Waals surface area contributed by atoms with Gasteiger partial charge in [0.25, 0.3) is 0 Å². The van der Waals surface area contributed by atoms with Gasteiger partial charge < -0.3 is 19.9 Å². The lowest BCUT2D eigenvalue weighted by molar-refractivity contribution is 0.185. The highest BCUT2D eigenvalue weighted by atomic mass is 32.2. The highest BCUT2D eigenvalue weighted by Crippen LogP contribution is 2.29. The Kier molecular flexibility index (Phi) is 5.32. The molecule has 1 aromatic rings. The second kappa shape index (κ2) is 7.29. The zero-order valence-electron chi connectivity index (χ0n) is 14.5. The van der Waals surface area contributed by atoms with Crippen LogP contribution in [-0.4, -0.2) is 65.8 Å². The average Bonchev–Trinajstić information content (AvgIpc) is 2.56. The number of rotatable bonds is 4. The molecule has 1 N–H and O–H groups in total. The number of nitrogens with one attached hydrogen (secondary N) is 1. The molecule has 2 heterocycles. The van der Waals surface area contributed by atoms with Gasteiger partial charge in [-0.05, 0) is 25.1 Å². The fourth-order valence-corrected chi connectivity index (χ4v) is 4.71. The first kappa shape index (κ1) is 17.5. The van der Waals surface area contributed by atoms with Gasteiger partial charge in [-0.15, -0.1) is 0 Å². The molecule has 0 amide bonds. The fraction of sp³-hybridized carbons (Fsp3) is 0.647. The van der Waals surface area contributed by atoms with Crippen LogP contribution in [0.1, 0.15) is 12.5 Å². The Hall–Kier alpha value is -1.31. The molecule has 1 atom stereocenters. The lowest BCUT2D eigenvalue weighted by Crippen LogP contribution is -2.50. The third-order valence-corrected chi connectivity index (χ3v) is 6.49. The van der Waals surface area contributed by atoms with E-state index in [-0.39, 0.29) is 11.5 Å². The largest absolute Gasteiger partial charge is 0.380 e. The van der Waals surface area contributed by atoms with Gasteiger partial charge in [0, 0.05) is 62.8 Å². The van der Waals surface area contributed by atoms with Gasteiger partial charge in [0.2, 0.25) is 0 Å². The SMILES string of the molecule is COCc1cc(N2CCNC[C@@H]2C)ccc1N1CCS(=O)(=O)CC1. The number of hydrogen-bond donors (Lipinski definition) is 1. The van der Waals surface area contributed by atoms with Crippen LogP contribution in [0.5, 0.6) is 0 Å². The van der Waals surface area contributed by atoms with Crippen LogP contribution in [0.25, 0.3) is 0 Å². The van der Waals surface area contributed by atoms with Gasteiger partial charge in [-0.1, -0.05) is 0 Å². The predicted molar refractivity (Wildman–Crippen MR) is 97.7 cm³/mol. The summed E-state index contributed by atoms with van der Waals surface area (Å²) in [5.41, 5.74) is 3.43. The van der Waals surface area contributed by atoms with Crippen LogP contribution < -0.4 is 15.1 Å². The van der Waals surface area contributed by atoms with Gasteiger partial charge in [-0.3, -0.25) is 0 Å². The first-order chi connectivity index (χ1) is 11.5. The van der Waals surface area contributed by atoms with Crippen LogP contribution in [0.2, 0.25) is 0 Å². The van der Waals surface area contributed by atoms with Crippen LogP contribution in [0.15, 0.2) is 18.2 Å². The van der Waals surface area contributed by atoms with Crippen molar-refractivity contribution in [3.8, 4) is 0 Å². The van der Waals surface area contributed by atoms with E-state index in [4.69, 9.17) is 4.74 Å². The predicted octanol–water partition coefficient (Wildman–Crippen LogP) is 0.866. The van der Waals surface area contributed by atoms with E-state index in [0.717, 1.165) is 30.9 Å². The van der Waals surface area contributed by atoms with Crippen LogP contribution >= 0.6 is 0 Å². The molecule has 0 radical (unpaired) electrons. The minimum absolute atomic E-state index is 0.232. The summed E-state index contributed by atoms with van der Waals surface area (Å²) in [5, 5.41) is 3.41. The number of hydrogen-bond acceptors (Lipinski definition) is 6. The number of nitrogens with zero attached hydrogens (tertiary/aromatic N) is 2. The Morgan fingerprint density at radius 2 is 2.00 bits per heavy atom. The van der Waals surface area contributed by atoms with Crippen molar-refractivity contribution in [3.05, 3.63) is 23.8 Å². The molecule has 2 aliphatic rings. The number of sulfone groups is 1. The second-order valence-corrected chi connectivity index (χ2v) is 8.94. The summed E-state index contributed by atoms with van der Waals surface area (Å²) in [6.45, 7) is 6.86. The van der Waals surface area contributed by atoms with Crippen LogP contribution in [0, 0.1) is 0 Å². The zero-order chi connectivity index (χ0) is 17.2. The molecule has 0 spiro atoms. The molecular weight excluding hydrogens is 326 g/mol. The lowest BCUT2D eigenvalue weighted by Gasteiger charge is -2.37. The molecule has 0 bridgehead atoms. The maximum atomic E-state index is 11.7. The van der Waals surface area contributed by atoms with Crippen molar-refractivity contribution >= 4 is 21.2 Å². The Morgan fingerprint density at radius 3 is 2.67 bits per heavy atom. The second-order valence-electron chi connectivity index (χ2n) is 6.63. The summed E-state index contributed by atoms with van der Waals surface area (Å²) in [5.74, 6) is 0.464. The number of methoxy groups -OCH3 is 1. The Morgan fingerprint density at radius 1 is 1.25 bits per heavy atom. The molecule has 2 saturated heterocycles. The smallest absolute Gasteiger partial charge is 0.153 e. The summed E-state index contributed by atoms with van der Waals surface area (Å²) in [7, 11) is -1.17. The zero-order valence-corrected chi connectivity index (χ0v) is 15.3. The first-order valence-electron chi connectivity index (χ1n) is 8.55. The molecule has 0 aromatic heterocycles. The molecule has 0 unspecified atom stereocenters. The van der Waals surface area contributed by atoms with Gasteiger partial charge in [0.05, 0.1) is 18.1 Å². The van der Waals surface area contributed by atoms with Crippen LogP contribution in [0.3, 0.4) is 0 Å². The third kappa shape index (κ3) is 3.84. The topological polar surface area (TPSA) is 61.9 Å². The quantitative estimate of drug-likeness (QED) is 0.867. The molecule has 0 aliphatic carbocycles. The van der Waals surface area contributed by atoms with E-state index in [0.29, 0.717) is 25.7 Å². The number of piperazine rings is 1. The minimum Gasteiger partial charge on any atom is -0.380 e. The molecule has 1 aromatic carbocycles. The third-order valence-electron chi connectivity index (χ3n) is 4.88. The highest BCUT2D eigenvalue weighted by Gasteiger charge is 2.24. The molecule has 6 nitrogen and oxygen atoms in total. The lowest BCUT2D eigenvalue weighted by atomic mass is 10.1. The maximum absolute atomic E-state index is 11.7. The van der Waals surface area contributed by atoms with Crippen molar-refractivity contribution in [2.45, 2.75) is 19.6 Å². The Labute approximate surface area is 144 Å². The normalized spacial score (nSPS) is 24.2. The van der Waals surface area contributed by atoms with Gasteiger partial charge >= 0.3 is 0 Å². The van der Waals surface area contributed by atoms with E-state index in [9.17, 15) is 8.42 Å². The monoisotopic (exact) mass is 353 g/mol. The number of anilines is 2. The van der Waals surface area contributed by atoms with Crippen molar-refractivity contribution in [1.29, 1.82) is 0 Å². The fourth-order valence-electron chi connectivity index (χ4n) is 3.51. The van der Waals surface area contributed by atoms with E-state index in [1.165, 1.54) is 5.69 Å². The van der Waals surface area contributed by atoms with Gasteiger partial charge in [0.15, 0.2) is 9.84 Å². The van der Waals surface area contributed by atoms with Crippen molar-refractivity contribution in [1.82, 2.24) is 5.32 Å². The van der Waals surface area contributed by atoms with Crippen LogP contribution in [-0.2, 0) is 21.2 Å². The molecule has 134 valence electrons. The van der Waals surface area contributed by atoms with Crippen molar-refractivity contribution < 1.29 is 13.2 Å². The number of ether oxygens (including phenoxy) is 1. The molecule has 3 rings (SSSR count). The van der Waals surface area contributed by atoms with Crippen molar-refractivity contribution in [2.75, 3.05) is 61.1 Å². The molecule has 24 heavy (non-hydrogen) atoms.